The molecule has 1 aliphatic rings. The normalized spacial score (nSPS) is 20.9. The van der Waals surface area contributed by atoms with Crippen molar-refractivity contribution in [3.05, 3.63) is 10.5 Å². The highest BCUT2D eigenvalue weighted by Gasteiger charge is 2.21. The van der Waals surface area contributed by atoms with Gasteiger partial charge < -0.3 is 14.6 Å². The summed E-state index contributed by atoms with van der Waals surface area (Å²) < 4.78 is 10.6. The Balaban J connectivity index is 1.96. The van der Waals surface area contributed by atoms with Gasteiger partial charge in [-0.2, -0.15) is 5.10 Å². The van der Waals surface area contributed by atoms with Crippen LogP contribution >= 0.6 is 12.2 Å². The van der Waals surface area contributed by atoms with Crippen molar-refractivity contribution >= 4 is 23.4 Å². The molecule has 1 aliphatic heterocycles. The molecule has 1 atom stereocenters. The van der Waals surface area contributed by atoms with E-state index < -0.39 is 0 Å². The number of aromatic nitrogens is 4. The summed E-state index contributed by atoms with van der Waals surface area (Å²) >= 11 is 5.47. The molecule has 0 aliphatic carbocycles. The van der Waals surface area contributed by atoms with E-state index in [0.29, 0.717) is 0 Å². The molecule has 0 bridgehead atoms. The van der Waals surface area contributed by atoms with E-state index in [0.717, 1.165) is 54.3 Å². The summed E-state index contributed by atoms with van der Waals surface area (Å²) in [6.07, 6.45) is 1.08. The average molecular weight is 295 g/mol. The number of fused-ring (bicyclic) bond motifs is 1. The summed E-state index contributed by atoms with van der Waals surface area (Å²) in [6, 6.07) is 0. The van der Waals surface area contributed by atoms with Crippen LogP contribution in [0.25, 0.3) is 11.2 Å². The Kier molecular flexibility index (Phi) is 3.66. The van der Waals surface area contributed by atoms with Gasteiger partial charge in [0.1, 0.15) is 5.52 Å². The molecular formula is C13H21N5OS. The third-order valence-electron chi connectivity index (χ3n) is 3.89. The van der Waals surface area contributed by atoms with E-state index in [1.165, 1.54) is 0 Å². The number of hydrogen-bond donors (Lipinski definition) is 1. The van der Waals surface area contributed by atoms with Crippen LogP contribution in [0.3, 0.4) is 0 Å². The number of hydrogen-bond acceptors (Lipinski definition) is 4. The lowest BCUT2D eigenvalue weighted by Gasteiger charge is -2.30. The van der Waals surface area contributed by atoms with Crippen LogP contribution in [0.2, 0.25) is 0 Å². The van der Waals surface area contributed by atoms with Crippen molar-refractivity contribution in [2.45, 2.75) is 26.0 Å². The Morgan fingerprint density at radius 1 is 1.45 bits per heavy atom. The molecule has 0 amide bonds. The number of ether oxygens (including phenoxy) is 1. The first-order valence-corrected chi connectivity index (χ1v) is 7.45. The van der Waals surface area contributed by atoms with Crippen LogP contribution in [0.1, 0.15) is 12.6 Å². The first-order valence-electron chi connectivity index (χ1n) is 7.04. The molecule has 3 heterocycles. The Morgan fingerprint density at radius 3 is 2.95 bits per heavy atom. The van der Waals surface area contributed by atoms with E-state index in [9.17, 15) is 0 Å². The Hall–Kier alpha value is -1.18. The van der Waals surface area contributed by atoms with Crippen LogP contribution in [0.4, 0.5) is 0 Å². The van der Waals surface area contributed by atoms with Gasteiger partial charge >= 0.3 is 0 Å². The summed E-state index contributed by atoms with van der Waals surface area (Å²) in [5.74, 6) is 0. The highest BCUT2D eigenvalue weighted by molar-refractivity contribution is 7.71. The molecule has 0 aromatic carbocycles. The number of aryl methyl sites for hydroxylation is 2. The molecule has 110 valence electrons. The van der Waals surface area contributed by atoms with Gasteiger partial charge in [-0.05, 0) is 25.7 Å². The average Bonchev–Trinajstić information content (AvgIpc) is 2.88. The first-order chi connectivity index (χ1) is 9.60. The van der Waals surface area contributed by atoms with Gasteiger partial charge in [0, 0.05) is 20.1 Å². The Labute approximate surface area is 123 Å². The van der Waals surface area contributed by atoms with E-state index in [4.69, 9.17) is 17.0 Å². The van der Waals surface area contributed by atoms with Crippen molar-refractivity contribution in [1.82, 2.24) is 24.2 Å². The van der Waals surface area contributed by atoms with Crippen LogP contribution in [0.5, 0.6) is 0 Å². The molecule has 0 saturated carbocycles. The molecule has 0 spiro atoms. The number of aromatic amines is 1. The molecule has 2 aromatic rings. The number of imidazole rings is 1. The number of nitrogens with zero attached hydrogens (tertiary/aromatic N) is 4. The van der Waals surface area contributed by atoms with E-state index >= 15 is 0 Å². The minimum Gasteiger partial charge on any atom is -0.374 e. The zero-order valence-electron chi connectivity index (χ0n) is 12.2. The molecule has 3 rings (SSSR count). The van der Waals surface area contributed by atoms with Gasteiger partial charge in [-0.1, -0.05) is 6.92 Å². The standard InChI is InChI=1S/C13H21N5OS/c1-4-10-11-12(17(3)15-10)18(13(20)14-11)8-9-7-16(2)5-6-19-9/h9H,4-8H2,1-3H3,(H,14,20). The van der Waals surface area contributed by atoms with Crippen molar-refractivity contribution in [2.24, 2.45) is 7.05 Å². The summed E-state index contributed by atoms with van der Waals surface area (Å²) in [7, 11) is 4.09. The summed E-state index contributed by atoms with van der Waals surface area (Å²) in [5, 5.41) is 4.55. The molecule has 7 heteroatoms. The molecule has 0 radical (unpaired) electrons. The molecule has 20 heavy (non-hydrogen) atoms. The lowest BCUT2D eigenvalue weighted by Crippen LogP contribution is -2.42. The Morgan fingerprint density at radius 2 is 2.25 bits per heavy atom. The van der Waals surface area contributed by atoms with Crippen molar-refractivity contribution in [3.8, 4) is 0 Å². The topological polar surface area (TPSA) is 51.0 Å². The fourth-order valence-electron chi connectivity index (χ4n) is 2.88. The largest absolute Gasteiger partial charge is 0.374 e. The van der Waals surface area contributed by atoms with Crippen LogP contribution in [0.15, 0.2) is 0 Å². The van der Waals surface area contributed by atoms with Crippen LogP contribution in [-0.4, -0.2) is 57.1 Å². The fraction of sp³-hybridized carbons (Fsp3) is 0.692. The number of nitrogens with one attached hydrogen (secondary N) is 1. The first kappa shape index (κ1) is 13.8. The second kappa shape index (κ2) is 5.31. The molecule has 1 fully saturated rings. The van der Waals surface area contributed by atoms with Crippen LogP contribution in [-0.2, 0) is 24.8 Å². The Bertz CT molecular complexity index is 670. The molecular weight excluding hydrogens is 274 g/mol. The smallest absolute Gasteiger partial charge is 0.179 e. The monoisotopic (exact) mass is 295 g/mol. The highest BCUT2D eigenvalue weighted by atomic mass is 32.1. The second-order valence-corrected chi connectivity index (χ2v) is 5.80. The second-order valence-electron chi connectivity index (χ2n) is 5.42. The zero-order valence-corrected chi connectivity index (χ0v) is 13.0. The van der Waals surface area contributed by atoms with E-state index in [1.807, 2.05) is 11.7 Å². The van der Waals surface area contributed by atoms with E-state index in [1.54, 1.807) is 0 Å². The maximum atomic E-state index is 5.85. The lowest BCUT2D eigenvalue weighted by atomic mass is 10.3. The number of H-pyrrole nitrogens is 1. The van der Waals surface area contributed by atoms with Gasteiger partial charge in [-0.25, -0.2) is 0 Å². The quantitative estimate of drug-likeness (QED) is 0.868. The minimum atomic E-state index is 0.180. The number of likely N-dealkylation sites (N-methyl/N-ethyl adjacent to an activating group) is 1. The van der Waals surface area contributed by atoms with Crippen LogP contribution in [0, 0.1) is 4.77 Å². The van der Waals surface area contributed by atoms with Gasteiger partial charge in [0.05, 0.1) is 24.9 Å². The SMILES string of the molecule is CCc1nn(C)c2c1[nH]c(=S)n2CC1CN(C)CCO1. The fourth-order valence-corrected chi connectivity index (χ4v) is 3.14. The molecule has 1 unspecified atom stereocenters. The van der Waals surface area contributed by atoms with Crippen molar-refractivity contribution in [3.63, 3.8) is 0 Å². The van der Waals surface area contributed by atoms with Gasteiger partial charge in [-0.15, -0.1) is 0 Å². The van der Waals surface area contributed by atoms with Gasteiger partial charge in [0.25, 0.3) is 0 Å². The summed E-state index contributed by atoms with van der Waals surface area (Å²) in [5.41, 5.74) is 3.18. The summed E-state index contributed by atoms with van der Waals surface area (Å²) in [4.78, 5) is 5.59. The van der Waals surface area contributed by atoms with Gasteiger partial charge in [-0.3, -0.25) is 9.25 Å². The van der Waals surface area contributed by atoms with Crippen molar-refractivity contribution in [1.29, 1.82) is 0 Å². The van der Waals surface area contributed by atoms with Crippen LogP contribution < -0.4 is 0 Å². The van der Waals surface area contributed by atoms with Crippen molar-refractivity contribution in [2.75, 3.05) is 26.7 Å². The van der Waals surface area contributed by atoms with E-state index in [2.05, 4.69) is 33.5 Å². The molecule has 1 N–H and O–H groups in total. The summed E-state index contributed by atoms with van der Waals surface area (Å²) in [6.45, 7) is 5.60. The zero-order chi connectivity index (χ0) is 14.3. The highest BCUT2D eigenvalue weighted by Crippen LogP contribution is 2.19. The van der Waals surface area contributed by atoms with Gasteiger partial charge in [0.2, 0.25) is 0 Å². The van der Waals surface area contributed by atoms with Crippen molar-refractivity contribution < 1.29 is 4.74 Å². The minimum absolute atomic E-state index is 0.180. The third kappa shape index (κ3) is 2.30. The molecule has 2 aromatic heterocycles. The van der Waals surface area contributed by atoms with E-state index in [-0.39, 0.29) is 6.10 Å². The predicted octanol–water partition coefficient (Wildman–Crippen LogP) is 1.33. The molecule has 1 saturated heterocycles. The van der Waals surface area contributed by atoms with Gasteiger partial charge in [0.15, 0.2) is 10.4 Å². The maximum Gasteiger partial charge on any atom is 0.179 e. The lowest BCUT2D eigenvalue weighted by molar-refractivity contribution is -0.0272. The number of morpholine rings is 1. The molecule has 6 nitrogen and oxygen atoms in total. The number of rotatable bonds is 3. The predicted molar refractivity (Wildman–Crippen MR) is 80.5 cm³/mol. The third-order valence-corrected chi connectivity index (χ3v) is 4.21. The maximum absolute atomic E-state index is 5.85.